The van der Waals surface area contributed by atoms with E-state index in [4.69, 9.17) is 32.7 Å². The third-order valence-electron chi connectivity index (χ3n) is 11.2. The van der Waals surface area contributed by atoms with E-state index in [1.165, 1.54) is 51.4 Å². The summed E-state index contributed by atoms with van der Waals surface area (Å²) in [5.74, 6) is -0.560. The van der Waals surface area contributed by atoms with E-state index >= 15 is 0 Å². The Hall–Kier alpha value is -1.02. The summed E-state index contributed by atoms with van der Waals surface area (Å²) < 4.78 is 51.5. The van der Waals surface area contributed by atoms with E-state index in [9.17, 15) is 70.4 Å². The molecule has 3 rings (SSSR count). The van der Waals surface area contributed by atoms with Crippen molar-refractivity contribution >= 4 is 13.8 Å². The molecule has 0 aromatic carbocycles. The third-order valence-corrected chi connectivity index (χ3v) is 12.2. The molecule has 0 radical (unpaired) electrons. The van der Waals surface area contributed by atoms with Gasteiger partial charge < -0.3 is 84.7 Å². The largest absolute Gasteiger partial charge is 0.472 e. The highest BCUT2D eigenvalue weighted by molar-refractivity contribution is 7.47. The third kappa shape index (κ3) is 15.6. The van der Waals surface area contributed by atoms with Crippen LogP contribution in [-0.4, -0.2) is 191 Å². The molecular weight excluding hydrogens is 823 g/mol. The Morgan fingerprint density at radius 1 is 0.567 bits per heavy atom. The highest BCUT2D eigenvalue weighted by Gasteiger charge is 2.58. The van der Waals surface area contributed by atoms with Gasteiger partial charge in [-0.05, 0) is 12.8 Å². The zero-order valence-electron chi connectivity index (χ0n) is 34.5. The van der Waals surface area contributed by atoms with Crippen LogP contribution in [0.2, 0.25) is 0 Å². The number of phosphoric acid groups is 1. The minimum atomic E-state index is -5.41. The van der Waals surface area contributed by atoms with Crippen molar-refractivity contribution in [3.8, 4) is 0 Å². The molecular formula is C38H71O21P. The Labute approximate surface area is 350 Å². The molecule has 2 heterocycles. The molecule has 354 valence electrons. The first-order valence-electron chi connectivity index (χ1n) is 21.3. The van der Waals surface area contributed by atoms with Crippen molar-refractivity contribution in [2.45, 2.75) is 214 Å². The maximum atomic E-state index is 13.5. The fourth-order valence-corrected chi connectivity index (χ4v) is 8.36. The van der Waals surface area contributed by atoms with Gasteiger partial charge in [0.1, 0.15) is 91.6 Å². The second-order valence-electron chi connectivity index (χ2n) is 15.9. The van der Waals surface area contributed by atoms with Gasteiger partial charge in [0.2, 0.25) is 0 Å². The molecule has 60 heavy (non-hydrogen) atoms. The predicted octanol–water partition coefficient (Wildman–Crippen LogP) is -1.24. The van der Waals surface area contributed by atoms with Crippen LogP contribution in [0.5, 0.6) is 0 Å². The van der Waals surface area contributed by atoms with E-state index in [2.05, 4.69) is 6.92 Å². The SMILES string of the molecule is CCCCCCCCCCCCCCCC(=O)O[C@H](CC)COP(=O)(O)O[C@@H]1C(O[C@H]2OC(CO)[C@@H](O)[C@H](O)C2O)C(O)[C@@H](O)[C@H](O)C1O[C@H]1OC(CO)[C@@H](O)C(O)[C@H]1O. The van der Waals surface area contributed by atoms with Crippen molar-refractivity contribution in [3.05, 3.63) is 0 Å². The number of carbonyl (C=O) groups is 1. The van der Waals surface area contributed by atoms with Gasteiger partial charge >= 0.3 is 13.8 Å². The van der Waals surface area contributed by atoms with Crippen LogP contribution in [0.1, 0.15) is 110 Å². The van der Waals surface area contributed by atoms with Crippen LogP contribution < -0.4 is 0 Å². The number of carbonyl (C=O) groups excluding carboxylic acids is 1. The average molecular weight is 895 g/mol. The molecule has 22 heteroatoms. The fraction of sp³-hybridized carbons (Fsp3) is 0.974. The number of ether oxygens (including phenoxy) is 5. The Balaban J connectivity index is 1.66. The summed E-state index contributed by atoms with van der Waals surface area (Å²) in [4.78, 5) is 23.6. The van der Waals surface area contributed by atoms with Crippen LogP contribution in [-0.2, 0) is 42.1 Å². The van der Waals surface area contributed by atoms with Gasteiger partial charge in [-0.2, -0.15) is 0 Å². The van der Waals surface area contributed by atoms with Crippen molar-refractivity contribution in [1.29, 1.82) is 0 Å². The van der Waals surface area contributed by atoms with Gasteiger partial charge in [0.25, 0.3) is 0 Å². The van der Waals surface area contributed by atoms with Gasteiger partial charge in [-0.15, -0.1) is 0 Å². The number of unbranched alkanes of at least 4 members (excludes halogenated alkanes) is 12. The maximum Gasteiger partial charge on any atom is 0.472 e. The normalized spacial score (nSPS) is 37.7. The predicted molar refractivity (Wildman–Crippen MR) is 206 cm³/mol. The molecule has 2 aliphatic heterocycles. The van der Waals surface area contributed by atoms with E-state index < -0.39 is 138 Å². The van der Waals surface area contributed by atoms with Crippen molar-refractivity contribution in [2.75, 3.05) is 19.8 Å². The molecule has 2 saturated heterocycles. The van der Waals surface area contributed by atoms with E-state index in [0.29, 0.717) is 6.42 Å². The van der Waals surface area contributed by atoms with Gasteiger partial charge in [0, 0.05) is 6.42 Å². The van der Waals surface area contributed by atoms with Gasteiger partial charge in [-0.25, -0.2) is 4.57 Å². The fourth-order valence-electron chi connectivity index (χ4n) is 7.40. The lowest BCUT2D eigenvalue weighted by Crippen LogP contribution is -2.69. The lowest BCUT2D eigenvalue weighted by molar-refractivity contribution is -0.360. The smallest absolute Gasteiger partial charge is 0.460 e. The summed E-state index contributed by atoms with van der Waals surface area (Å²) in [6.45, 7) is 1.34. The molecule has 21 nitrogen and oxygen atoms in total. The molecule has 1 saturated carbocycles. The lowest BCUT2D eigenvalue weighted by atomic mass is 9.84. The zero-order chi connectivity index (χ0) is 44.6. The molecule has 12 N–H and O–H groups in total. The van der Waals surface area contributed by atoms with Gasteiger partial charge in [0.15, 0.2) is 12.6 Å². The number of aliphatic hydroxyl groups excluding tert-OH is 11. The first kappa shape index (κ1) is 53.3. The van der Waals surface area contributed by atoms with E-state index in [1.807, 2.05) is 0 Å². The Morgan fingerprint density at radius 3 is 1.37 bits per heavy atom. The number of hydrogen-bond donors (Lipinski definition) is 12. The summed E-state index contributed by atoms with van der Waals surface area (Å²) in [7, 11) is -5.41. The lowest BCUT2D eigenvalue weighted by Gasteiger charge is -2.49. The molecule has 0 amide bonds. The minimum absolute atomic E-state index is 0.107. The van der Waals surface area contributed by atoms with Crippen LogP contribution in [0.15, 0.2) is 0 Å². The van der Waals surface area contributed by atoms with Gasteiger partial charge in [-0.1, -0.05) is 90.9 Å². The maximum absolute atomic E-state index is 13.5. The van der Waals surface area contributed by atoms with Crippen LogP contribution in [0.25, 0.3) is 0 Å². The zero-order valence-corrected chi connectivity index (χ0v) is 35.4. The summed E-state index contributed by atoms with van der Waals surface area (Å²) in [6, 6.07) is 0. The van der Waals surface area contributed by atoms with Crippen LogP contribution in [0, 0.1) is 0 Å². The first-order valence-corrected chi connectivity index (χ1v) is 22.8. The second-order valence-corrected chi connectivity index (χ2v) is 17.3. The number of esters is 1. The Bertz CT molecular complexity index is 1200. The molecule has 0 spiro atoms. The molecule has 18 atom stereocenters. The van der Waals surface area contributed by atoms with Crippen LogP contribution in [0.3, 0.4) is 0 Å². The van der Waals surface area contributed by atoms with E-state index in [0.717, 1.165) is 25.7 Å². The monoisotopic (exact) mass is 894 g/mol. The average Bonchev–Trinajstić information content (AvgIpc) is 3.22. The number of hydrogen-bond acceptors (Lipinski definition) is 20. The van der Waals surface area contributed by atoms with Gasteiger partial charge in [-0.3, -0.25) is 13.8 Å². The highest BCUT2D eigenvalue weighted by Crippen LogP contribution is 2.49. The molecule has 3 fully saturated rings. The number of aliphatic hydroxyl groups is 11. The summed E-state index contributed by atoms with van der Waals surface area (Å²) in [5, 5.41) is 115. The first-order chi connectivity index (χ1) is 28.5. The summed E-state index contributed by atoms with van der Waals surface area (Å²) in [5.41, 5.74) is 0. The molecule has 0 aromatic rings. The van der Waals surface area contributed by atoms with Gasteiger partial charge in [0.05, 0.1) is 19.8 Å². The summed E-state index contributed by atoms with van der Waals surface area (Å²) in [6.07, 6.45) is -18.5. The van der Waals surface area contributed by atoms with Crippen molar-refractivity contribution < 1.29 is 103 Å². The van der Waals surface area contributed by atoms with Crippen LogP contribution >= 0.6 is 7.82 Å². The number of rotatable bonds is 27. The number of phosphoric ester groups is 1. The van der Waals surface area contributed by atoms with Crippen molar-refractivity contribution in [3.63, 3.8) is 0 Å². The molecule has 8 unspecified atom stereocenters. The van der Waals surface area contributed by atoms with Crippen molar-refractivity contribution in [2.24, 2.45) is 0 Å². The van der Waals surface area contributed by atoms with Crippen LogP contribution in [0.4, 0.5) is 0 Å². The topological polar surface area (TPSA) is 342 Å². The second kappa shape index (κ2) is 26.7. The molecule has 0 bridgehead atoms. The molecule has 1 aliphatic carbocycles. The molecule has 3 aliphatic rings. The van der Waals surface area contributed by atoms with E-state index in [1.54, 1.807) is 6.92 Å². The summed E-state index contributed by atoms with van der Waals surface area (Å²) >= 11 is 0. The Morgan fingerprint density at radius 2 is 0.967 bits per heavy atom. The Kier molecular flexibility index (Phi) is 23.7. The van der Waals surface area contributed by atoms with Crippen molar-refractivity contribution in [1.82, 2.24) is 0 Å². The highest BCUT2D eigenvalue weighted by atomic mass is 31.2. The van der Waals surface area contributed by atoms with E-state index in [-0.39, 0.29) is 12.8 Å². The quantitative estimate of drug-likeness (QED) is 0.0261. The standard InChI is InChI=1S/C38H71O21P/c1-3-5-6-7-8-9-10-11-12-13-14-15-16-17-24(41)54-21(4-2)20-53-60(51,52)59-36-34(57-37-32(49)27(44)25(42)22(18-39)55-37)30(47)29(46)31(48)35(36)58-38-33(50)28(45)26(43)23(19-40)56-38/h21-23,25-40,42-50H,3-20H2,1-2H3,(H,51,52)/t21-,22?,23?,25-,26-,27+,28?,29-,30?,31+,32?,33-,34?,35?,36-,37-,38-/m1/s1. The minimum Gasteiger partial charge on any atom is -0.460 e. The molecule has 0 aromatic heterocycles.